The van der Waals surface area contributed by atoms with Crippen LogP contribution in [-0.2, 0) is 13.1 Å². The average Bonchev–Trinajstić information content (AvgIpc) is 2.71. The molecular formula is C15H19F2N3. The second-order valence-electron chi connectivity index (χ2n) is 5.85. The molecule has 20 heavy (non-hydrogen) atoms. The number of nitrogens with one attached hydrogen (secondary N) is 1. The lowest BCUT2D eigenvalue weighted by Gasteiger charge is -2.20. The van der Waals surface area contributed by atoms with E-state index in [9.17, 15) is 8.78 Å². The molecule has 0 saturated heterocycles. The molecule has 0 radical (unpaired) electrons. The molecule has 2 aromatic rings. The van der Waals surface area contributed by atoms with Crippen molar-refractivity contribution in [2.45, 2.75) is 39.4 Å². The van der Waals surface area contributed by atoms with Gasteiger partial charge in [0, 0.05) is 30.5 Å². The van der Waals surface area contributed by atoms with Crippen LogP contribution in [0.5, 0.6) is 0 Å². The smallest absolute Gasteiger partial charge is 0.126 e. The maximum Gasteiger partial charge on any atom is 0.126 e. The van der Waals surface area contributed by atoms with E-state index in [4.69, 9.17) is 0 Å². The number of aromatic nitrogens is 2. The Morgan fingerprint density at radius 3 is 2.40 bits per heavy atom. The number of imidazole rings is 1. The van der Waals surface area contributed by atoms with Gasteiger partial charge >= 0.3 is 0 Å². The Morgan fingerprint density at radius 1 is 1.15 bits per heavy atom. The van der Waals surface area contributed by atoms with Crippen LogP contribution in [0.1, 0.15) is 32.2 Å². The lowest BCUT2D eigenvalue weighted by molar-refractivity contribution is 0.413. The van der Waals surface area contributed by atoms with E-state index in [1.807, 2.05) is 10.8 Å². The second kappa shape index (κ2) is 5.71. The van der Waals surface area contributed by atoms with E-state index in [-0.39, 0.29) is 5.54 Å². The molecule has 0 unspecified atom stereocenters. The molecule has 0 amide bonds. The van der Waals surface area contributed by atoms with Gasteiger partial charge in [-0.2, -0.15) is 0 Å². The van der Waals surface area contributed by atoms with Crippen LogP contribution in [0.2, 0.25) is 0 Å². The van der Waals surface area contributed by atoms with Gasteiger partial charge in [-0.3, -0.25) is 0 Å². The van der Waals surface area contributed by atoms with Crippen LogP contribution in [0.15, 0.2) is 30.6 Å². The van der Waals surface area contributed by atoms with Crippen molar-refractivity contribution in [2.75, 3.05) is 0 Å². The highest BCUT2D eigenvalue weighted by Gasteiger charge is 2.11. The summed E-state index contributed by atoms with van der Waals surface area (Å²) in [5.74, 6) is -0.284. The lowest BCUT2D eigenvalue weighted by Crippen LogP contribution is -2.36. The van der Waals surface area contributed by atoms with E-state index in [0.29, 0.717) is 18.7 Å². The molecule has 0 aliphatic rings. The molecule has 5 heteroatoms. The van der Waals surface area contributed by atoms with Gasteiger partial charge in [-0.25, -0.2) is 13.8 Å². The molecule has 0 bridgehead atoms. The highest BCUT2D eigenvalue weighted by atomic mass is 19.1. The number of rotatable bonds is 4. The van der Waals surface area contributed by atoms with E-state index in [1.54, 1.807) is 6.20 Å². The first-order valence-corrected chi connectivity index (χ1v) is 6.53. The number of hydrogen-bond donors (Lipinski definition) is 1. The molecule has 0 fully saturated rings. The summed E-state index contributed by atoms with van der Waals surface area (Å²) in [5.41, 5.74) is 0.569. The lowest BCUT2D eigenvalue weighted by atomic mass is 10.1. The molecule has 3 nitrogen and oxygen atoms in total. The SMILES string of the molecule is CC(C)(C)NCc1nccn1Cc1cc(F)cc(F)c1. The summed E-state index contributed by atoms with van der Waals surface area (Å²) in [4.78, 5) is 4.27. The largest absolute Gasteiger partial charge is 0.329 e. The summed E-state index contributed by atoms with van der Waals surface area (Å²) in [7, 11) is 0. The van der Waals surface area contributed by atoms with Crippen molar-refractivity contribution >= 4 is 0 Å². The molecule has 0 spiro atoms. The predicted molar refractivity (Wildman–Crippen MR) is 74.3 cm³/mol. The van der Waals surface area contributed by atoms with Gasteiger partial charge in [-0.1, -0.05) is 0 Å². The van der Waals surface area contributed by atoms with Crippen LogP contribution in [0.3, 0.4) is 0 Å². The Kier molecular flexibility index (Phi) is 4.18. The number of benzene rings is 1. The van der Waals surface area contributed by atoms with Crippen molar-refractivity contribution in [1.82, 2.24) is 14.9 Å². The maximum atomic E-state index is 13.2. The van der Waals surface area contributed by atoms with E-state index < -0.39 is 11.6 Å². The summed E-state index contributed by atoms with van der Waals surface area (Å²) in [6, 6.07) is 3.55. The monoisotopic (exact) mass is 279 g/mol. The Bertz CT molecular complexity index is 565. The van der Waals surface area contributed by atoms with Crippen molar-refractivity contribution in [1.29, 1.82) is 0 Å². The van der Waals surface area contributed by atoms with Gasteiger partial charge in [-0.05, 0) is 38.5 Å². The van der Waals surface area contributed by atoms with Gasteiger partial charge in [0.15, 0.2) is 0 Å². The molecule has 1 aromatic heterocycles. The topological polar surface area (TPSA) is 29.9 Å². The minimum absolute atomic E-state index is 0.0122. The average molecular weight is 279 g/mol. The number of halogens is 2. The van der Waals surface area contributed by atoms with E-state index in [0.717, 1.165) is 11.9 Å². The van der Waals surface area contributed by atoms with Crippen molar-refractivity contribution in [3.63, 3.8) is 0 Å². The zero-order valence-corrected chi connectivity index (χ0v) is 12.0. The van der Waals surface area contributed by atoms with Crippen LogP contribution in [0, 0.1) is 11.6 Å². The van der Waals surface area contributed by atoms with Gasteiger partial charge in [0.05, 0.1) is 6.54 Å². The Labute approximate surface area is 117 Å². The van der Waals surface area contributed by atoms with Gasteiger partial charge < -0.3 is 9.88 Å². The number of hydrogen-bond acceptors (Lipinski definition) is 2. The summed E-state index contributed by atoms with van der Waals surface area (Å²) in [6.45, 7) is 7.22. The number of nitrogens with zero attached hydrogens (tertiary/aromatic N) is 2. The van der Waals surface area contributed by atoms with Gasteiger partial charge in [-0.15, -0.1) is 0 Å². The fourth-order valence-electron chi connectivity index (χ4n) is 1.89. The van der Waals surface area contributed by atoms with Crippen LogP contribution >= 0.6 is 0 Å². The zero-order valence-electron chi connectivity index (χ0n) is 12.0. The van der Waals surface area contributed by atoms with Gasteiger partial charge in [0.25, 0.3) is 0 Å². The summed E-state index contributed by atoms with van der Waals surface area (Å²) < 4.78 is 28.3. The van der Waals surface area contributed by atoms with E-state index in [2.05, 4.69) is 31.1 Å². The van der Waals surface area contributed by atoms with Gasteiger partial charge in [0.1, 0.15) is 17.5 Å². The highest BCUT2D eigenvalue weighted by Crippen LogP contribution is 2.11. The molecule has 108 valence electrons. The molecular weight excluding hydrogens is 260 g/mol. The fourth-order valence-corrected chi connectivity index (χ4v) is 1.89. The fraction of sp³-hybridized carbons (Fsp3) is 0.400. The first-order valence-electron chi connectivity index (χ1n) is 6.53. The Balaban J connectivity index is 2.12. The van der Waals surface area contributed by atoms with Gasteiger partial charge in [0.2, 0.25) is 0 Å². The Hall–Kier alpha value is -1.75. The maximum absolute atomic E-state index is 13.2. The zero-order chi connectivity index (χ0) is 14.8. The molecule has 1 heterocycles. The normalized spacial score (nSPS) is 11.8. The Morgan fingerprint density at radius 2 is 1.80 bits per heavy atom. The predicted octanol–water partition coefficient (Wildman–Crippen LogP) is 3.10. The summed E-state index contributed by atoms with van der Waals surface area (Å²) >= 11 is 0. The van der Waals surface area contributed by atoms with Crippen LogP contribution in [-0.4, -0.2) is 15.1 Å². The quantitative estimate of drug-likeness (QED) is 0.932. The minimum atomic E-state index is -0.561. The summed E-state index contributed by atoms with van der Waals surface area (Å²) in [6.07, 6.45) is 3.50. The molecule has 2 rings (SSSR count). The molecule has 0 atom stereocenters. The first-order chi connectivity index (χ1) is 9.33. The van der Waals surface area contributed by atoms with E-state index >= 15 is 0 Å². The van der Waals surface area contributed by atoms with Crippen molar-refractivity contribution in [3.05, 3.63) is 53.6 Å². The van der Waals surface area contributed by atoms with Crippen molar-refractivity contribution in [3.8, 4) is 0 Å². The van der Waals surface area contributed by atoms with Crippen LogP contribution in [0.25, 0.3) is 0 Å². The third-order valence-electron chi connectivity index (χ3n) is 2.85. The van der Waals surface area contributed by atoms with Crippen LogP contribution in [0.4, 0.5) is 8.78 Å². The van der Waals surface area contributed by atoms with E-state index in [1.165, 1.54) is 12.1 Å². The molecule has 1 aromatic carbocycles. The minimum Gasteiger partial charge on any atom is -0.329 e. The van der Waals surface area contributed by atoms with Crippen LogP contribution < -0.4 is 5.32 Å². The summed E-state index contributed by atoms with van der Waals surface area (Å²) in [5, 5.41) is 3.34. The molecule has 0 saturated carbocycles. The highest BCUT2D eigenvalue weighted by molar-refractivity contribution is 5.18. The third-order valence-corrected chi connectivity index (χ3v) is 2.85. The molecule has 1 N–H and O–H groups in total. The third kappa shape index (κ3) is 4.13. The van der Waals surface area contributed by atoms with Crippen molar-refractivity contribution < 1.29 is 8.78 Å². The molecule has 0 aliphatic heterocycles. The molecule has 0 aliphatic carbocycles. The van der Waals surface area contributed by atoms with Crippen molar-refractivity contribution in [2.24, 2.45) is 0 Å². The first kappa shape index (κ1) is 14.7. The standard InChI is InChI=1S/C15H19F2N3/c1-15(2,3)19-9-14-18-4-5-20(14)10-11-6-12(16)8-13(17)7-11/h4-8,19H,9-10H2,1-3H3. The second-order valence-corrected chi connectivity index (χ2v) is 5.85.